The van der Waals surface area contributed by atoms with Crippen LogP contribution in [0.5, 0.6) is 11.5 Å². The second-order valence-electron chi connectivity index (χ2n) is 4.15. The van der Waals surface area contributed by atoms with Gasteiger partial charge >= 0.3 is 0 Å². The van der Waals surface area contributed by atoms with Gasteiger partial charge in [0.25, 0.3) is 0 Å². The van der Waals surface area contributed by atoms with Crippen LogP contribution in [0.2, 0.25) is 0 Å². The average molecular weight is 250 g/mol. The van der Waals surface area contributed by atoms with Crippen molar-refractivity contribution in [3.63, 3.8) is 0 Å². The third kappa shape index (κ3) is 2.92. The number of fused-ring (bicyclic) bond motifs is 1. The van der Waals surface area contributed by atoms with E-state index in [0.29, 0.717) is 37.6 Å². The highest BCUT2D eigenvalue weighted by Crippen LogP contribution is 2.30. The summed E-state index contributed by atoms with van der Waals surface area (Å²) in [4.78, 5) is 0. The second kappa shape index (κ2) is 6.26. The highest BCUT2D eigenvalue weighted by molar-refractivity contribution is 6.00. The van der Waals surface area contributed by atoms with E-state index in [-0.39, 0.29) is 0 Å². The van der Waals surface area contributed by atoms with Gasteiger partial charge in [0.15, 0.2) is 11.5 Å². The summed E-state index contributed by atoms with van der Waals surface area (Å²) in [6.45, 7) is 1.88. The van der Waals surface area contributed by atoms with Gasteiger partial charge in [0.05, 0.1) is 18.9 Å². The van der Waals surface area contributed by atoms with Crippen LogP contribution in [0.3, 0.4) is 0 Å². The molecule has 5 nitrogen and oxygen atoms in total. The molecule has 1 aliphatic rings. The lowest BCUT2D eigenvalue weighted by Crippen LogP contribution is -2.06. The molecule has 2 rings (SSSR count). The van der Waals surface area contributed by atoms with Gasteiger partial charge in [0.2, 0.25) is 0 Å². The van der Waals surface area contributed by atoms with Gasteiger partial charge in [-0.2, -0.15) is 0 Å². The molecule has 1 heterocycles. The predicted octanol–water partition coefficient (Wildman–Crippen LogP) is 1.77. The number of hydrogen-bond acceptors (Lipinski definition) is 5. The first-order chi connectivity index (χ1) is 8.85. The molecule has 18 heavy (non-hydrogen) atoms. The van der Waals surface area contributed by atoms with Crippen LogP contribution in [0.4, 0.5) is 0 Å². The van der Waals surface area contributed by atoms with Gasteiger partial charge in [-0.25, -0.2) is 0 Å². The van der Waals surface area contributed by atoms with Crippen molar-refractivity contribution >= 4 is 5.71 Å². The van der Waals surface area contributed by atoms with E-state index in [1.807, 2.05) is 18.2 Å². The molecule has 0 saturated heterocycles. The molecule has 0 aliphatic carbocycles. The minimum Gasteiger partial charge on any atom is -0.490 e. The molecule has 0 radical (unpaired) electrons. The van der Waals surface area contributed by atoms with Gasteiger partial charge in [-0.05, 0) is 37.6 Å². The number of nitrogens with two attached hydrogens (primary N) is 1. The molecule has 0 unspecified atom stereocenters. The maximum atomic E-state index is 9.04. The molecule has 98 valence electrons. The monoisotopic (exact) mass is 250 g/mol. The number of nitrogens with zero attached hydrogens (tertiary/aromatic N) is 1. The lowest BCUT2D eigenvalue weighted by Gasteiger charge is -2.10. The zero-order valence-electron chi connectivity index (χ0n) is 10.3. The summed E-state index contributed by atoms with van der Waals surface area (Å²) in [6, 6.07) is 5.58. The van der Waals surface area contributed by atoms with Crippen molar-refractivity contribution < 1.29 is 14.7 Å². The molecule has 3 N–H and O–H groups in total. The van der Waals surface area contributed by atoms with E-state index in [4.69, 9.17) is 20.4 Å². The quantitative estimate of drug-likeness (QED) is 0.485. The van der Waals surface area contributed by atoms with E-state index in [1.54, 1.807) is 0 Å². The highest BCUT2D eigenvalue weighted by atomic mass is 16.5. The van der Waals surface area contributed by atoms with Gasteiger partial charge in [0, 0.05) is 12.0 Å². The fourth-order valence-corrected chi connectivity index (χ4v) is 1.86. The Hall–Kier alpha value is -1.75. The van der Waals surface area contributed by atoms with E-state index in [1.165, 1.54) is 0 Å². The van der Waals surface area contributed by atoms with Crippen LogP contribution >= 0.6 is 0 Å². The number of rotatable bonds is 4. The Balaban J connectivity index is 2.21. The van der Waals surface area contributed by atoms with Crippen molar-refractivity contribution in [2.24, 2.45) is 10.9 Å². The first kappa shape index (κ1) is 12.7. The van der Waals surface area contributed by atoms with E-state index in [0.717, 1.165) is 24.2 Å². The van der Waals surface area contributed by atoms with Crippen LogP contribution in [-0.2, 0) is 0 Å². The van der Waals surface area contributed by atoms with Crippen molar-refractivity contribution in [3.05, 3.63) is 23.8 Å². The van der Waals surface area contributed by atoms with Crippen LogP contribution in [-0.4, -0.2) is 30.7 Å². The Morgan fingerprint density at radius 3 is 2.78 bits per heavy atom. The van der Waals surface area contributed by atoms with Crippen molar-refractivity contribution in [1.82, 2.24) is 0 Å². The number of ether oxygens (including phenoxy) is 2. The predicted molar refractivity (Wildman–Crippen MR) is 68.7 cm³/mol. The van der Waals surface area contributed by atoms with Crippen LogP contribution in [0.15, 0.2) is 23.4 Å². The van der Waals surface area contributed by atoms with Crippen LogP contribution in [0.1, 0.15) is 24.8 Å². The lowest BCUT2D eigenvalue weighted by molar-refractivity contribution is 0.297. The molecule has 0 spiro atoms. The molecular formula is C13H18N2O3. The molecule has 1 aliphatic heterocycles. The number of hydrogen-bond donors (Lipinski definition) is 2. The van der Waals surface area contributed by atoms with Gasteiger partial charge in [-0.3, -0.25) is 0 Å². The normalized spacial score (nSPS) is 15.3. The SMILES string of the molecule is NCCCC(=NO)c1ccc2c(c1)OCCCO2. The smallest absolute Gasteiger partial charge is 0.161 e. The standard InChI is InChI=1S/C13H18N2O3/c14-6-1-3-11(15-16)10-4-5-12-13(9-10)18-8-2-7-17-12/h4-5,9,16H,1-3,6-8,14H2. The second-order valence-corrected chi connectivity index (χ2v) is 4.15. The fourth-order valence-electron chi connectivity index (χ4n) is 1.86. The molecule has 0 aromatic heterocycles. The minimum absolute atomic E-state index is 0.573. The van der Waals surface area contributed by atoms with Crippen molar-refractivity contribution in [3.8, 4) is 11.5 Å². The molecule has 0 saturated carbocycles. The zero-order chi connectivity index (χ0) is 12.8. The molecule has 5 heteroatoms. The Kier molecular flexibility index (Phi) is 4.41. The van der Waals surface area contributed by atoms with Crippen LogP contribution < -0.4 is 15.2 Å². The summed E-state index contributed by atoms with van der Waals surface area (Å²) in [5.41, 5.74) is 6.92. The van der Waals surface area contributed by atoms with E-state index < -0.39 is 0 Å². The summed E-state index contributed by atoms with van der Waals surface area (Å²) in [6.07, 6.45) is 2.30. The van der Waals surface area contributed by atoms with Crippen molar-refractivity contribution in [2.45, 2.75) is 19.3 Å². The van der Waals surface area contributed by atoms with Crippen LogP contribution in [0, 0.1) is 0 Å². The summed E-state index contributed by atoms with van der Waals surface area (Å²) in [7, 11) is 0. The van der Waals surface area contributed by atoms with E-state index in [9.17, 15) is 0 Å². The number of benzene rings is 1. The van der Waals surface area contributed by atoms with Crippen molar-refractivity contribution in [2.75, 3.05) is 19.8 Å². The van der Waals surface area contributed by atoms with Gasteiger partial charge in [-0.1, -0.05) is 5.16 Å². The first-order valence-corrected chi connectivity index (χ1v) is 6.16. The Morgan fingerprint density at radius 2 is 2.06 bits per heavy atom. The Morgan fingerprint density at radius 1 is 1.28 bits per heavy atom. The highest BCUT2D eigenvalue weighted by Gasteiger charge is 2.13. The molecule has 1 aromatic rings. The van der Waals surface area contributed by atoms with E-state index >= 15 is 0 Å². The maximum absolute atomic E-state index is 9.04. The van der Waals surface area contributed by atoms with Crippen LogP contribution in [0.25, 0.3) is 0 Å². The molecule has 1 aromatic carbocycles. The van der Waals surface area contributed by atoms with Gasteiger partial charge < -0.3 is 20.4 Å². The summed E-state index contributed by atoms with van der Waals surface area (Å²) >= 11 is 0. The fraction of sp³-hybridized carbons (Fsp3) is 0.462. The first-order valence-electron chi connectivity index (χ1n) is 6.16. The summed E-state index contributed by atoms with van der Waals surface area (Å²) < 4.78 is 11.2. The molecular weight excluding hydrogens is 232 g/mol. The molecule has 0 bridgehead atoms. The zero-order valence-corrected chi connectivity index (χ0v) is 10.3. The average Bonchev–Trinajstić information content (AvgIpc) is 2.64. The van der Waals surface area contributed by atoms with E-state index in [2.05, 4.69) is 5.16 Å². The maximum Gasteiger partial charge on any atom is 0.161 e. The Labute approximate surface area is 106 Å². The number of oxime groups is 1. The molecule has 0 fully saturated rings. The molecule has 0 amide bonds. The topological polar surface area (TPSA) is 77.1 Å². The lowest BCUT2D eigenvalue weighted by atomic mass is 10.1. The third-order valence-electron chi connectivity index (χ3n) is 2.82. The largest absolute Gasteiger partial charge is 0.490 e. The van der Waals surface area contributed by atoms with Crippen molar-refractivity contribution in [1.29, 1.82) is 0 Å². The molecule has 0 atom stereocenters. The summed E-state index contributed by atoms with van der Waals surface area (Å²) in [5.74, 6) is 1.45. The third-order valence-corrected chi connectivity index (χ3v) is 2.82. The Bertz CT molecular complexity index is 432. The van der Waals surface area contributed by atoms with Gasteiger partial charge in [0.1, 0.15) is 0 Å². The summed E-state index contributed by atoms with van der Waals surface area (Å²) in [5, 5.41) is 12.4. The van der Waals surface area contributed by atoms with Gasteiger partial charge in [-0.15, -0.1) is 0 Å². The minimum atomic E-state index is 0.573.